The molecule has 9 heteroatoms. The summed E-state index contributed by atoms with van der Waals surface area (Å²) in [5.74, 6) is -0.189. The smallest absolute Gasteiger partial charge is 0.268 e. The number of rotatable bonds is 66. The molecule has 470 valence electrons. The van der Waals surface area contributed by atoms with Gasteiger partial charge in [-0.15, -0.1) is 0 Å². The van der Waals surface area contributed by atoms with Crippen molar-refractivity contribution in [1.29, 1.82) is 0 Å². The van der Waals surface area contributed by atoms with Gasteiger partial charge in [0.15, 0.2) is 0 Å². The topological polar surface area (TPSA) is 108 Å². The third-order valence-corrected chi connectivity index (χ3v) is 17.4. The second-order valence-electron chi connectivity index (χ2n) is 25.6. The Balaban J connectivity index is 4.03. The molecule has 3 atom stereocenters. The number of likely N-dealkylation sites (N-methyl/N-ethyl adjacent to an activating group) is 1. The van der Waals surface area contributed by atoms with Gasteiger partial charge in [-0.05, 0) is 44.9 Å². The minimum Gasteiger partial charge on any atom is -0.756 e. The molecule has 0 bridgehead atoms. The number of phosphoric ester groups is 1. The van der Waals surface area contributed by atoms with E-state index in [2.05, 4.69) is 31.3 Å². The molecule has 79 heavy (non-hydrogen) atoms. The molecule has 2 N–H and O–H groups in total. The van der Waals surface area contributed by atoms with Gasteiger partial charge in [0.25, 0.3) is 7.82 Å². The van der Waals surface area contributed by atoms with Crippen LogP contribution in [0.5, 0.6) is 0 Å². The molecule has 0 aromatic heterocycles. The lowest BCUT2D eigenvalue weighted by molar-refractivity contribution is -0.870. The van der Waals surface area contributed by atoms with E-state index in [9.17, 15) is 19.4 Å². The van der Waals surface area contributed by atoms with Gasteiger partial charge in [0.2, 0.25) is 5.91 Å². The van der Waals surface area contributed by atoms with Gasteiger partial charge in [0.1, 0.15) is 13.2 Å². The molecule has 0 aliphatic carbocycles. The Morgan fingerprint density at radius 1 is 0.430 bits per heavy atom. The second kappa shape index (κ2) is 61.5. The van der Waals surface area contributed by atoms with Crippen LogP contribution in [0.4, 0.5) is 0 Å². The largest absolute Gasteiger partial charge is 0.756 e. The van der Waals surface area contributed by atoms with Crippen LogP contribution in [-0.2, 0) is 18.4 Å². The van der Waals surface area contributed by atoms with E-state index in [0.717, 1.165) is 38.5 Å². The fraction of sp³-hybridized carbons (Fsp3) is 0.929. The summed E-state index contributed by atoms with van der Waals surface area (Å²) >= 11 is 0. The lowest BCUT2D eigenvalue weighted by Crippen LogP contribution is -2.45. The number of carbonyl (C=O) groups is 1. The van der Waals surface area contributed by atoms with Crippen molar-refractivity contribution < 1.29 is 32.9 Å². The fourth-order valence-electron chi connectivity index (χ4n) is 10.9. The zero-order valence-corrected chi connectivity index (χ0v) is 54.8. The van der Waals surface area contributed by atoms with Gasteiger partial charge in [-0.3, -0.25) is 9.36 Å². The average Bonchev–Trinajstić information content (AvgIpc) is 3.42. The van der Waals surface area contributed by atoms with E-state index in [1.165, 1.54) is 308 Å². The number of aliphatic hydroxyl groups excluding tert-OH is 1. The van der Waals surface area contributed by atoms with Crippen LogP contribution in [0.2, 0.25) is 0 Å². The third kappa shape index (κ3) is 64.4. The highest BCUT2D eigenvalue weighted by atomic mass is 31.2. The number of quaternary nitrogens is 1. The lowest BCUT2D eigenvalue weighted by atomic mass is 10.0. The highest BCUT2D eigenvalue weighted by Gasteiger charge is 2.23. The number of allylic oxidation sites excluding steroid dienone is 3. The molecule has 0 rings (SSSR count). The average molecular weight is 1140 g/mol. The first kappa shape index (κ1) is 78.0. The van der Waals surface area contributed by atoms with Crippen LogP contribution >= 0.6 is 7.82 Å². The van der Waals surface area contributed by atoms with Crippen molar-refractivity contribution in [3.05, 3.63) is 24.3 Å². The third-order valence-electron chi connectivity index (χ3n) is 16.4. The minimum absolute atomic E-state index is 0.00169. The van der Waals surface area contributed by atoms with Gasteiger partial charge >= 0.3 is 0 Å². The van der Waals surface area contributed by atoms with Crippen LogP contribution in [0.25, 0.3) is 0 Å². The minimum atomic E-state index is -4.60. The van der Waals surface area contributed by atoms with Crippen LogP contribution < -0.4 is 10.2 Å². The predicted octanol–water partition coefficient (Wildman–Crippen LogP) is 21.6. The maximum atomic E-state index is 13.0. The maximum Gasteiger partial charge on any atom is 0.268 e. The molecule has 0 heterocycles. The number of phosphoric acid groups is 1. The summed E-state index contributed by atoms with van der Waals surface area (Å²) < 4.78 is 23.5. The Labute approximate surface area is 494 Å². The van der Waals surface area contributed by atoms with E-state index in [4.69, 9.17) is 9.05 Å². The number of nitrogens with zero attached hydrogens (tertiary/aromatic N) is 1. The van der Waals surface area contributed by atoms with Crippen molar-refractivity contribution in [2.45, 2.75) is 379 Å². The molecule has 1 amide bonds. The predicted molar refractivity (Wildman–Crippen MR) is 344 cm³/mol. The van der Waals surface area contributed by atoms with Gasteiger partial charge < -0.3 is 28.8 Å². The maximum absolute atomic E-state index is 13.0. The number of carbonyl (C=O) groups excluding carboxylic acids is 1. The van der Waals surface area contributed by atoms with Crippen molar-refractivity contribution in [3.63, 3.8) is 0 Å². The summed E-state index contributed by atoms with van der Waals surface area (Å²) in [6, 6.07) is -0.886. The van der Waals surface area contributed by atoms with Crippen LogP contribution in [0, 0.1) is 0 Å². The summed E-state index contributed by atoms with van der Waals surface area (Å²) in [5.41, 5.74) is 0. The van der Waals surface area contributed by atoms with E-state index < -0.39 is 20.0 Å². The zero-order chi connectivity index (χ0) is 57.7. The van der Waals surface area contributed by atoms with Gasteiger partial charge in [0.05, 0.1) is 39.9 Å². The summed E-state index contributed by atoms with van der Waals surface area (Å²) in [6.45, 7) is 4.72. The Hall–Kier alpha value is -1.02. The van der Waals surface area contributed by atoms with Gasteiger partial charge in [0, 0.05) is 6.42 Å². The number of aliphatic hydroxyl groups is 1. The Morgan fingerprint density at radius 3 is 0.987 bits per heavy atom. The molecule has 3 unspecified atom stereocenters. The van der Waals surface area contributed by atoms with Crippen molar-refractivity contribution in [2.24, 2.45) is 0 Å². The molecule has 0 spiro atoms. The Morgan fingerprint density at radius 2 is 0.696 bits per heavy atom. The number of hydrogen-bond acceptors (Lipinski definition) is 6. The van der Waals surface area contributed by atoms with E-state index in [0.29, 0.717) is 17.4 Å². The second-order valence-corrected chi connectivity index (χ2v) is 27.0. The van der Waals surface area contributed by atoms with Crippen LogP contribution in [-0.4, -0.2) is 68.5 Å². The standard InChI is InChI=1S/C70H139N2O6P/c1-6-8-10-12-14-16-18-20-22-24-26-28-30-32-33-34-35-36-37-38-40-42-44-46-48-50-52-54-56-58-60-62-64-70(74)71-68(67-78-79(75,76)77-66-65-72(3,4)5)69(73)63-61-59-57-55-53-51-49-47-45-43-41-39-31-29-27-25-23-21-19-17-15-13-11-9-7-2/h32-33,61,63,68-69,73H,6-31,34-60,62,64-67H2,1-5H3,(H-,71,74,75,76)/b33-32-,63-61+. The van der Waals surface area contributed by atoms with Gasteiger partial charge in [-0.2, -0.15) is 0 Å². The molecule has 0 aliphatic rings. The molecule has 8 nitrogen and oxygen atoms in total. The number of amides is 1. The molecule has 0 aromatic carbocycles. The van der Waals surface area contributed by atoms with E-state index >= 15 is 0 Å². The number of nitrogens with one attached hydrogen (secondary N) is 1. The first-order chi connectivity index (χ1) is 38.5. The molecule has 0 fully saturated rings. The molecule has 0 aliphatic heterocycles. The summed E-state index contributed by atoms with van der Waals surface area (Å²) in [5, 5.41) is 14.0. The molecule has 0 radical (unpaired) electrons. The van der Waals surface area contributed by atoms with Gasteiger partial charge in [-0.1, -0.05) is 340 Å². The number of hydrogen-bond donors (Lipinski definition) is 2. The Bertz CT molecular complexity index is 1340. The highest BCUT2D eigenvalue weighted by Crippen LogP contribution is 2.38. The van der Waals surface area contributed by atoms with Gasteiger partial charge in [-0.25, -0.2) is 0 Å². The van der Waals surface area contributed by atoms with Crippen molar-refractivity contribution in [2.75, 3.05) is 40.9 Å². The zero-order valence-electron chi connectivity index (χ0n) is 53.9. The van der Waals surface area contributed by atoms with Crippen LogP contribution in [0.1, 0.15) is 367 Å². The van der Waals surface area contributed by atoms with Crippen LogP contribution in [0.15, 0.2) is 24.3 Å². The van der Waals surface area contributed by atoms with Crippen molar-refractivity contribution >= 4 is 13.7 Å². The van der Waals surface area contributed by atoms with Crippen molar-refractivity contribution in [1.82, 2.24) is 5.32 Å². The fourth-order valence-corrected chi connectivity index (χ4v) is 11.6. The highest BCUT2D eigenvalue weighted by molar-refractivity contribution is 7.45. The summed E-state index contributed by atoms with van der Waals surface area (Å²) in [4.78, 5) is 25.6. The van der Waals surface area contributed by atoms with E-state index in [1.807, 2.05) is 27.2 Å². The quantitative estimate of drug-likeness (QED) is 0.0272. The SMILES string of the molecule is CCCCCCCCCCCCCC/C=C\CCCCCCCCCCCCCCCCCCC(=O)NC(COP(=O)([O-])OCC[N+](C)(C)C)C(O)/C=C/CCCCCCCCCCCCCCCCCCCCCCCCC. The first-order valence-corrected chi connectivity index (χ1v) is 36.7. The van der Waals surface area contributed by atoms with E-state index in [1.54, 1.807) is 6.08 Å². The number of unbranched alkanes of at least 4 members (excludes halogenated alkanes) is 51. The van der Waals surface area contributed by atoms with Crippen LogP contribution in [0.3, 0.4) is 0 Å². The molecule has 0 aromatic rings. The Kier molecular flexibility index (Phi) is 60.7. The molecular weight excluding hydrogens is 996 g/mol. The van der Waals surface area contributed by atoms with Crippen molar-refractivity contribution in [3.8, 4) is 0 Å². The first-order valence-electron chi connectivity index (χ1n) is 35.2. The molecular formula is C70H139N2O6P. The monoisotopic (exact) mass is 1140 g/mol. The summed E-state index contributed by atoms with van der Waals surface area (Å²) in [7, 11) is 1.28. The molecule has 0 saturated heterocycles. The summed E-state index contributed by atoms with van der Waals surface area (Å²) in [6.07, 6.45) is 80.2. The lowest BCUT2D eigenvalue weighted by Gasteiger charge is -2.29. The normalized spacial score (nSPS) is 13.8. The molecule has 0 saturated carbocycles. The van der Waals surface area contributed by atoms with E-state index in [-0.39, 0.29) is 19.1 Å².